The van der Waals surface area contributed by atoms with E-state index in [1.54, 1.807) is 0 Å². The standard InChI is InChI=1S/C17H28O3/c1-5-11-17(20-15(18)16(3,4)6-2)12-19-14-10-8-7-9-13(14)17/h5,11,13-14H,6-10,12H2,1-4H3/b11-5+. The van der Waals surface area contributed by atoms with Gasteiger partial charge in [0.05, 0.1) is 18.1 Å². The van der Waals surface area contributed by atoms with Crippen LogP contribution in [-0.4, -0.2) is 24.3 Å². The minimum atomic E-state index is -0.538. The monoisotopic (exact) mass is 280 g/mol. The maximum absolute atomic E-state index is 12.5. The zero-order valence-corrected chi connectivity index (χ0v) is 13.3. The van der Waals surface area contributed by atoms with Crippen molar-refractivity contribution < 1.29 is 14.3 Å². The van der Waals surface area contributed by atoms with Crippen LogP contribution in [0.1, 0.15) is 59.8 Å². The first kappa shape index (κ1) is 15.6. The molecule has 3 atom stereocenters. The fraction of sp³-hybridized carbons (Fsp3) is 0.824. The average Bonchev–Trinajstić information content (AvgIpc) is 2.79. The van der Waals surface area contributed by atoms with Crippen molar-refractivity contribution in [1.82, 2.24) is 0 Å². The van der Waals surface area contributed by atoms with Gasteiger partial charge in [0.25, 0.3) is 0 Å². The Balaban J connectivity index is 2.20. The van der Waals surface area contributed by atoms with E-state index in [9.17, 15) is 4.79 Å². The molecule has 0 N–H and O–H groups in total. The van der Waals surface area contributed by atoms with Crippen LogP contribution in [0.2, 0.25) is 0 Å². The lowest BCUT2D eigenvalue weighted by Crippen LogP contribution is -2.45. The molecule has 114 valence electrons. The Morgan fingerprint density at radius 3 is 2.75 bits per heavy atom. The van der Waals surface area contributed by atoms with E-state index in [1.165, 1.54) is 12.8 Å². The number of hydrogen-bond acceptors (Lipinski definition) is 3. The minimum absolute atomic E-state index is 0.104. The van der Waals surface area contributed by atoms with E-state index >= 15 is 0 Å². The van der Waals surface area contributed by atoms with E-state index in [4.69, 9.17) is 9.47 Å². The molecular weight excluding hydrogens is 252 g/mol. The van der Waals surface area contributed by atoms with Crippen LogP contribution in [-0.2, 0) is 14.3 Å². The van der Waals surface area contributed by atoms with Crippen LogP contribution in [0.5, 0.6) is 0 Å². The number of carbonyl (C=O) groups excluding carboxylic acids is 1. The summed E-state index contributed by atoms with van der Waals surface area (Å²) in [6.07, 6.45) is 9.71. The first-order valence-electron chi connectivity index (χ1n) is 7.94. The lowest BCUT2D eigenvalue weighted by Gasteiger charge is -2.37. The van der Waals surface area contributed by atoms with Crippen LogP contribution in [0.15, 0.2) is 12.2 Å². The van der Waals surface area contributed by atoms with Crippen molar-refractivity contribution in [3.63, 3.8) is 0 Å². The lowest BCUT2D eigenvalue weighted by atomic mass is 9.77. The smallest absolute Gasteiger partial charge is 0.312 e. The minimum Gasteiger partial charge on any atom is -0.452 e. The molecule has 3 unspecified atom stereocenters. The van der Waals surface area contributed by atoms with Crippen molar-refractivity contribution >= 4 is 5.97 Å². The molecule has 0 radical (unpaired) electrons. The fourth-order valence-corrected chi connectivity index (χ4v) is 3.25. The molecule has 0 aromatic carbocycles. The van der Waals surface area contributed by atoms with Gasteiger partial charge in [0.2, 0.25) is 0 Å². The third-order valence-corrected chi connectivity index (χ3v) is 5.02. The summed E-state index contributed by atoms with van der Waals surface area (Å²) in [7, 11) is 0. The number of rotatable bonds is 4. The molecule has 1 aliphatic heterocycles. The highest BCUT2D eigenvalue weighted by molar-refractivity contribution is 5.76. The van der Waals surface area contributed by atoms with Crippen LogP contribution >= 0.6 is 0 Å². The molecule has 0 amide bonds. The molecule has 2 rings (SSSR count). The van der Waals surface area contributed by atoms with Gasteiger partial charge in [-0.3, -0.25) is 4.79 Å². The Morgan fingerprint density at radius 1 is 1.40 bits per heavy atom. The Hall–Kier alpha value is -0.830. The molecule has 0 spiro atoms. The molecular formula is C17H28O3. The van der Waals surface area contributed by atoms with Gasteiger partial charge >= 0.3 is 5.97 Å². The van der Waals surface area contributed by atoms with Gasteiger partial charge in [-0.2, -0.15) is 0 Å². The molecule has 2 aliphatic rings. The largest absolute Gasteiger partial charge is 0.452 e. The number of esters is 1. The van der Waals surface area contributed by atoms with E-state index < -0.39 is 11.0 Å². The van der Waals surface area contributed by atoms with Crippen LogP contribution < -0.4 is 0 Å². The van der Waals surface area contributed by atoms with Gasteiger partial charge in [-0.05, 0) is 46.1 Å². The molecule has 3 heteroatoms. The Bertz CT molecular complexity index is 386. The Morgan fingerprint density at radius 2 is 2.10 bits per heavy atom. The van der Waals surface area contributed by atoms with E-state index in [0.29, 0.717) is 12.5 Å². The summed E-state index contributed by atoms with van der Waals surface area (Å²) in [6, 6.07) is 0. The second-order valence-electron chi connectivity index (χ2n) is 6.82. The third kappa shape index (κ3) is 2.78. The molecule has 0 aromatic heterocycles. The zero-order chi connectivity index (χ0) is 14.8. The number of carbonyl (C=O) groups is 1. The zero-order valence-electron chi connectivity index (χ0n) is 13.3. The van der Waals surface area contributed by atoms with Crippen LogP contribution in [0, 0.1) is 11.3 Å². The van der Waals surface area contributed by atoms with Gasteiger partial charge in [0, 0.05) is 5.92 Å². The SMILES string of the molecule is C/C=C/C1(OC(=O)C(C)(C)CC)COC2CCCCC21. The predicted molar refractivity (Wildman–Crippen MR) is 79.4 cm³/mol. The second kappa shape index (κ2) is 5.88. The van der Waals surface area contributed by atoms with Crippen LogP contribution in [0.4, 0.5) is 0 Å². The average molecular weight is 280 g/mol. The topological polar surface area (TPSA) is 35.5 Å². The number of allylic oxidation sites excluding steroid dienone is 1. The first-order chi connectivity index (χ1) is 9.45. The quantitative estimate of drug-likeness (QED) is 0.579. The fourth-order valence-electron chi connectivity index (χ4n) is 3.25. The van der Waals surface area contributed by atoms with Crippen molar-refractivity contribution in [2.75, 3.05) is 6.61 Å². The summed E-state index contributed by atoms with van der Waals surface area (Å²) >= 11 is 0. The first-order valence-corrected chi connectivity index (χ1v) is 7.94. The molecule has 1 saturated heterocycles. The Labute approximate surface area is 122 Å². The highest BCUT2D eigenvalue weighted by Crippen LogP contribution is 2.44. The van der Waals surface area contributed by atoms with Gasteiger partial charge in [-0.1, -0.05) is 25.8 Å². The summed E-state index contributed by atoms with van der Waals surface area (Å²) in [5.74, 6) is 0.219. The number of hydrogen-bond donors (Lipinski definition) is 0. The highest BCUT2D eigenvalue weighted by Gasteiger charge is 2.52. The van der Waals surface area contributed by atoms with Crippen molar-refractivity contribution in [2.45, 2.75) is 71.5 Å². The van der Waals surface area contributed by atoms with E-state index in [2.05, 4.69) is 0 Å². The normalized spacial score (nSPS) is 34.2. The molecule has 0 aromatic rings. The molecule has 1 aliphatic carbocycles. The predicted octanol–water partition coefficient (Wildman–Crippen LogP) is 3.87. The highest BCUT2D eigenvalue weighted by atomic mass is 16.6. The molecule has 3 nitrogen and oxygen atoms in total. The van der Waals surface area contributed by atoms with E-state index in [-0.39, 0.29) is 12.1 Å². The molecule has 1 heterocycles. The van der Waals surface area contributed by atoms with Gasteiger partial charge in [-0.15, -0.1) is 0 Å². The Kier molecular flexibility index (Phi) is 4.58. The van der Waals surface area contributed by atoms with Gasteiger partial charge in [0.15, 0.2) is 5.60 Å². The van der Waals surface area contributed by atoms with Crippen LogP contribution in [0.25, 0.3) is 0 Å². The molecule has 20 heavy (non-hydrogen) atoms. The summed E-state index contributed by atoms with van der Waals surface area (Å²) in [5.41, 5.74) is -0.968. The van der Waals surface area contributed by atoms with Gasteiger partial charge in [-0.25, -0.2) is 0 Å². The summed E-state index contributed by atoms with van der Waals surface area (Å²) < 4.78 is 12.0. The third-order valence-electron chi connectivity index (χ3n) is 5.02. The van der Waals surface area contributed by atoms with Crippen molar-refractivity contribution in [1.29, 1.82) is 0 Å². The van der Waals surface area contributed by atoms with Crippen LogP contribution in [0.3, 0.4) is 0 Å². The van der Waals surface area contributed by atoms with Crippen molar-refractivity contribution in [3.05, 3.63) is 12.2 Å². The van der Waals surface area contributed by atoms with E-state index in [0.717, 1.165) is 19.3 Å². The molecule has 1 saturated carbocycles. The van der Waals surface area contributed by atoms with Gasteiger partial charge in [0.1, 0.15) is 0 Å². The summed E-state index contributed by atoms with van der Waals surface area (Å²) in [6.45, 7) is 8.42. The maximum atomic E-state index is 12.5. The van der Waals surface area contributed by atoms with E-state index in [1.807, 2.05) is 39.8 Å². The number of ether oxygens (including phenoxy) is 2. The van der Waals surface area contributed by atoms with Crippen molar-refractivity contribution in [2.24, 2.45) is 11.3 Å². The summed E-state index contributed by atoms with van der Waals surface area (Å²) in [4.78, 5) is 12.5. The second-order valence-corrected chi connectivity index (χ2v) is 6.82. The number of fused-ring (bicyclic) bond motifs is 1. The molecule has 2 fully saturated rings. The maximum Gasteiger partial charge on any atom is 0.312 e. The van der Waals surface area contributed by atoms with Gasteiger partial charge < -0.3 is 9.47 Å². The molecule has 0 bridgehead atoms. The summed E-state index contributed by atoms with van der Waals surface area (Å²) in [5, 5.41) is 0. The van der Waals surface area contributed by atoms with Crippen molar-refractivity contribution in [3.8, 4) is 0 Å². The lowest BCUT2D eigenvalue weighted by molar-refractivity contribution is -0.169.